The van der Waals surface area contributed by atoms with Crippen LogP contribution in [0.2, 0.25) is 0 Å². The predicted molar refractivity (Wildman–Crippen MR) is 73.8 cm³/mol. The first-order valence-electron chi connectivity index (χ1n) is 6.35. The van der Waals surface area contributed by atoms with Gasteiger partial charge in [-0.2, -0.15) is 5.10 Å². The summed E-state index contributed by atoms with van der Waals surface area (Å²) in [6.07, 6.45) is 3.45. The SMILES string of the molecule is Cc1nc([C@H](C)NC(=O)N(C)Cc2cccnc2)n[nH]1. The molecule has 0 radical (unpaired) electrons. The summed E-state index contributed by atoms with van der Waals surface area (Å²) in [6.45, 7) is 4.16. The van der Waals surface area contributed by atoms with Gasteiger partial charge < -0.3 is 10.2 Å². The maximum atomic E-state index is 12.1. The van der Waals surface area contributed by atoms with Crippen LogP contribution in [0.5, 0.6) is 0 Å². The highest BCUT2D eigenvalue weighted by atomic mass is 16.2. The molecule has 0 aromatic carbocycles. The lowest BCUT2D eigenvalue weighted by Gasteiger charge is -2.20. The first kappa shape index (κ1) is 14.0. The minimum atomic E-state index is -0.246. The van der Waals surface area contributed by atoms with Crippen LogP contribution in [0.1, 0.15) is 30.2 Å². The van der Waals surface area contributed by atoms with Gasteiger partial charge in [0.1, 0.15) is 5.82 Å². The Hall–Kier alpha value is -2.44. The lowest BCUT2D eigenvalue weighted by atomic mass is 10.3. The molecule has 2 rings (SSSR count). The number of hydrogen-bond acceptors (Lipinski definition) is 4. The summed E-state index contributed by atoms with van der Waals surface area (Å²) in [7, 11) is 1.73. The summed E-state index contributed by atoms with van der Waals surface area (Å²) in [4.78, 5) is 21.9. The van der Waals surface area contributed by atoms with Crippen molar-refractivity contribution in [3.05, 3.63) is 41.7 Å². The summed E-state index contributed by atoms with van der Waals surface area (Å²) < 4.78 is 0. The zero-order chi connectivity index (χ0) is 14.5. The summed E-state index contributed by atoms with van der Waals surface area (Å²) in [6, 6.07) is 3.35. The molecule has 2 aromatic heterocycles. The number of carbonyl (C=O) groups is 1. The highest BCUT2D eigenvalue weighted by molar-refractivity contribution is 5.74. The summed E-state index contributed by atoms with van der Waals surface area (Å²) in [5.41, 5.74) is 0.978. The van der Waals surface area contributed by atoms with Gasteiger partial charge in [0.25, 0.3) is 0 Å². The van der Waals surface area contributed by atoms with Gasteiger partial charge in [0, 0.05) is 26.0 Å². The lowest BCUT2D eigenvalue weighted by Crippen LogP contribution is -2.38. The number of aromatic amines is 1. The van der Waals surface area contributed by atoms with E-state index in [2.05, 4.69) is 25.5 Å². The fraction of sp³-hybridized carbons (Fsp3) is 0.385. The topological polar surface area (TPSA) is 86.8 Å². The van der Waals surface area contributed by atoms with Gasteiger partial charge in [0.15, 0.2) is 5.82 Å². The Kier molecular flexibility index (Phi) is 4.29. The first-order chi connectivity index (χ1) is 9.56. The number of nitrogens with zero attached hydrogens (tertiary/aromatic N) is 4. The van der Waals surface area contributed by atoms with Crippen LogP contribution in [0.15, 0.2) is 24.5 Å². The van der Waals surface area contributed by atoms with E-state index in [9.17, 15) is 4.79 Å². The average Bonchev–Trinajstić information content (AvgIpc) is 2.86. The molecule has 7 heteroatoms. The minimum absolute atomic E-state index is 0.177. The largest absolute Gasteiger partial charge is 0.328 e. The van der Waals surface area contributed by atoms with Crippen molar-refractivity contribution in [2.75, 3.05) is 7.05 Å². The van der Waals surface area contributed by atoms with E-state index in [1.165, 1.54) is 0 Å². The Labute approximate surface area is 117 Å². The molecule has 0 aliphatic carbocycles. The average molecular weight is 274 g/mol. The molecular formula is C13H18N6O. The zero-order valence-corrected chi connectivity index (χ0v) is 11.8. The Morgan fingerprint density at radius 1 is 1.55 bits per heavy atom. The number of pyridine rings is 1. The highest BCUT2D eigenvalue weighted by Gasteiger charge is 2.16. The van der Waals surface area contributed by atoms with Crippen LogP contribution in [0.3, 0.4) is 0 Å². The van der Waals surface area contributed by atoms with Gasteiger partial charge in [-0.1, -0.05) is 6.07 Å². The second-order valence-corrected chi connectivity index (χ2v) is 4.67. The van der Waals surface area contributed by atoms with E-state index >= 15 is 0 Å². The molecule has 106 valence electrons. The molecule has 0 unspecified atom stereocenters. The maximum absolute atomic E-state index is 12.1. The van der Waals surface area contributed by atoms with Crippen molar-refractivity contribution in [1.82, 2.24) is 30.4 Å². The molecule has 0 saturated carbocycles. The van der Waals surface area contributed by atoms with E-state index in [0.29, 0.717) is 12.4 Å². The quantitative estimate of drug-likeness (QED) is 0.882. The third-order valence-electron chi connectivity index (χ3n) is 2.83. The van der Waals surface area contributed by atoms with Crippen molar-refractivity contribution in [3.8, 4) is 0 Å². The van der Waals surface area contributed by atoms with Crippen LogP contribution in [0.4, 0.5) is 4.79 Å². The molecule has 2 aromatic rings. The van der Waals surface area contributed by atoms with E-state index in [-0.39, 0.29) is 12.1 Å². The molecule has 20 heavy (non-hydrogen) atoms. The molecule has 0 bridgehead atoms. The standard InChI is InChI=1S/C13H18N6O/c1-9(12-16-10(2)17-18-12)15-13(20)19(3)8-11-5-4-6-14-7-11/h4-7,9H,8H2,1-3H3,(H,15,20)(H,16,17,18)/t9-/m0/s1. The van der Waals surface area contributed by atoms with Crippen molar-refractivity contribution >= 4 is 6.03 Å². The van der Waals surface area contributed by atoms with Gasteiger partial charge >= 0.3 is 6.03 Å². The van der Waals surface area contributed by atoms with Gasteiger partial charge in [-0.05, 0) is 25.5 Å². The Bertz CT molecular complexity index is 567. The van der Waals surface area contributed by atoms with Crippen LogP contribution in [0.25, 0.3) is 0 Å². The Morgan fingerprint density at radius 2 is 2.35 bits per heavy atom. The fourth-order valence-corrected chi connectivity index (χ4v) is 1.75. The van der Waals surface area contributed by atoms with Crippen molar-refractivity contribution in [1.29, 1.82) is 0 Å². The molecule has 0 aliphatic rings. The predicted octanol–water partition coefficient (Wildman–Crippen LogP) is 1.41. The van der Waals surface area contributed by atoms with Crippen LogP contribution in [0, 0.1) is 6.92 Å². The van der Waals surface area contributed by atoms with Crippen LogP contribution < -0.4 is 5.32 Å². The molecule has 0 fully saturated rings. The van der Waals surface area contributed by atoms with Crippen molar-refractivity contribution < 1.29 is 4.79 Å². The molecule has 7 nitrogen and oxygen atoms in total. The number of amides is 2. The summed E-state index contributed by atoms with van der Waals surface area (Å²) in [5, 5.41) is 9.64. The number of nitrogens with one attached hydrogen (secondary N) is 2. The van der Waals surface area contributed by atoms with E-state index in [1.54, 1.807) is 24.3 Å². The third-order valence-corrected chi connectivity index (χ3v) is 2.83. The fourth-order valence-electron chi connectivity index (χ4n) is 1.75. The number of aromatic nitrogens is 4. The molecule has 0 aliphatic heterocycles. The minimum Gasteiger partial charge on any atom is -0.328 e. The molecule has 2 heterocycles. The third kappa shape index (κ3) is 3.53. The maximum Gasteiger partial charge on any atom is 0.318 e. The number of aryl methyl sites for hydroxylation is 1. The highest BCUT2D eigenvalue weighted by Crippen LogP contribution is 2.07. The van der Waals surface area contributed by atoms with Crippen LogP contribution in [-0.4, -0.2) is 38.1 Å². The normalized spacial score (nSPS) is 11.9. The van der Waals surface area contributed by atoms with Crippen molar-refractivity contribution in [2.45, 2.75) is 26.4 Å². The molecule has 1 atom stereocenters. The van der Waals surface area contributed by atoms with Gasteiger partial charge in [0.2, 0.25) is 0 Å². The zero-order valence-electron chi connectivity index (χ0n) is 11.8. The first-order valence-corrected chi connectivity index (χ1v) is 6.35. The number of urea groups is 1. The van der Waals surface area contributed by atoms with E-state index in [0.717, 1.165) is 11.4 Å². The molecule has 2 N–H and O–H groups in total. The van der Waals surface area contributed by atoms with Gasteiger partial charge in [-0.25, -0.2) is 9.78 Å². The van der Waals surface area contributed by atoms with E-state index in [4.69, 9.17) is 0 Å². The second-order valence-electron chi connectivity index (χ2n) is 4.67. The summed E-state index contributed by atoms with van der Waals surface area (Å²) in [5.74, 6) is 1.30. The van der Waals surface area contributed by atoms with Gasteiger partial charge in [0.05, 0.1) is 6.04 Å². The van der Waals surface area contributed by atoms with Crippen molar-refractivity contribution in [3.63, 3.8) is 0 Å². The lowest BCUT2D eigenvalue weighted by molar-refractivity contribution is 0.203. The number of rotatable bonds is 4. The Morgan fingerprint density at radius 3 is 2.95 bits per heavy atom. The second kappa shape index (κ2) is 6.14. The molecule has 2 amide bonds. The van der Waals surface area contributed by atoms with Crippen molar-refractivity contribution in [2.24, 2.45) is 0 Å². The van der Waals surface area contributed by atoms with Crippen LogP contribution >= 0.6 is 0 Å². The monoisotopic (exact) mass is 274 g/mol. The molecule has 0 spiro atoms. The number of hydrogen-bond donors (Lipinski definition) is 2. The Balaban J connectivity index is 1.91. The summed E-state index contributed by atoms with van der Waals surface area (Å²) >= 11 is 0. The smallest absolute Gasteiger partial charge is 0.318 e. The molecule has 0 saturated heterocycles. The number of carbonyl (C=O) groups excluding carboxylic acids is 1. The van der Waals surface area contributed by atoms with Gasteiger partial charge in [-0.15, -0.1) is 0 Å². The van der Waals surface area contributed by atoms with E-state index < -0.39 is 0 Å². The van der Waals surface area contributed by atoms with Gasteiger partial charge in [-0.3, -0.25) is 10.1 Å². The number of H-pyrrole nitrogens is 1. The van der Waals surface area contributed by atoms with Crippen LogP contribution in [-0.2, 0) is 6.54 Å². The molecular weight excluding hydrogens is 256 g/mol. The van der Waals surface area contributed by atoms with E-state index in [1.807, 2.05) is 26.0 Å².